The van der Waals surface area contributed by atoms with Crippen LogP contribution < -0.4 is 21.3 Å². The van der Waals surface area contributed by atoms with Crippen molar-refractivity contribution in [1.29, 1.82) is 0 Å². The van der Waals surface area contributed by atoms with Crippen molar-refractivity contribution < 1.29 is 0 Å². The summed E-state index contributed by atoms with van der Waals surface area (Å²) in [7, 11) is 0. The SMILES string of the molecule is CC(C)(C)c1ccc(N(c2ccc(C(C)(C)C)cc2)c2cc3c4c(c2)-n2c5c(cc(C(C)(C)C)cc5c5c6ccccc6c6ccccc6c52)B4c2cccc4c5c6ccccc6c6ccccc6c5n-3c24)cc1. The van der Waals surface area contributed by atoms with E-state index < -0.39 is 0 Å². The minimum Gasteiger partial charge on any atom is -0.310 e. The lowest BCUT2D eigenvalue weighted by molar-refractivity contribution is 0.590. The fourth-order valence-corrected chi connectivity index (χ4v) is 13.5. The van der Waals surface area contributed by atoms with Crippen molar-refractivity contribution in [3.05, 3.63) is 205 Å². The van der Waals surface area contributed by atoms with E-state index in [2.05, 4.69) is 264 Å². The average molecular weight is 952 g/mol. The molecule has 0 saturated carbocycles. The lowest BCUT2D eigenvalue weighted by Gasteiger charge is -2.36. The molecule has 0 bridgehead atoms. The van der Waals surface area contributed by atoms with Crippen LogP contribution in [0.2, 0.25) is 0 Å². The van der Waals surface area contributed by atoms with Crippen molar-refractivity contribution >= 4 is 127 Å². The van der Waals surface area contributed by atoms with Crippen LogP contribution in [0.1, 0.15) is 79.0 Å². The van der Waals surface area contributed by atoms with E-state index >= 15 is 0 Å². The molecule has 4 heterocycles. The maximum atomic E-state index is 2.72. The van der Waals surface area contributed by atoms with Gasteiger partial charge < -0.3 is 14.0 Å². The number of aromatic nitrogens is 2. The fourth-order valence-electron chi connectivity index (χ4n) is 13.5. The number of para-hydroxylation sites is 1. The monoisotopic (exact) mass is 951 g/mol. The molecule has 13 aromatic rings. The van der Waals surface area contributed by atoms with Crippen LogP contribution in [0.15, 0.2) is 188 Å². The summed E-state index contributed by atoms with van der Waals surface area (Å²) in [5.74, 6) is 0. The van der Waals surface area contributed by atoms with E-state index in [-0.39, 0.29) is 23.0 Å². The Morgan fingerprint density at radius 1 is 0.311 bits per heavy atom. The van der Waals surface area contributed by atoms with Gasteiger partial charge in [-0.2, -0.15) is 0 Å². The molecule has 0 saturated heterocycles. The highest BCUT2D eigenvalue weighted by Gasteiger charge is 2.43. The molecule has 0 amide bonds. The van der Waals surface area contributed by atoms with E-state index in [1.807, 2.05) is 0 Å². The Hall–Kier alpha value is -8.08. The zero-order valence-electron chi connectivity index (χ0n) is 43.8. The predicted octanol–water partition coefficient (Wildman–Crippen LogP) is 17.0. The van der Waals surface area contributed by atoms with Crippen LogP contribution >= 0.6 is 0 Å². The second-order valence-corrected chi connectivity index (χ2v) is 24.5. The third-order valence-electron chi connectivity index (χ3n) is 17.1. The minimum atomic E-state index is -0.0995. The average Bonchev–Trinajstić information content (AvgIpc) is 3.95. The molecular formula is C70H58BN3. The van der Waals surface area contributed by atoms with Gasteiger partial charge in [-0.15, -0.1) is 0 Å². The smallest absolute Gasteiger partial charge is 0.252 e. The van der Waals surface area contributed by atoms with E-state index in [1.54, 1.807) is 0 Å². The molecule has 74 heavy (non-hydrogen) atoms. The standard InChI is InChI=1S/C70H58BN3/c1-68(2,3)41-29-33-44(34-30-41)72(45-35-31-42(32-36-45)69(4,5)6)46-39-59-63-60(40-46)74-65-56(62-52-24-15-11-20-48(52)50-22-13-17-26-54(50)67(62)74)37-43(70(7,8)9)38-58(65)71(63)57-28-18-27-55-61-51-23-14-10-19-47(51)49-21-12-16-25-53(49)66(61)73(59)64(55)57/h10-40H,1-9H3. The molecule has 0 aliphatic carbocycles. The van der Waals surface area contributed by atoms with Gasteiger partial charge in [-0.05, 0) is 124 Å². The topological polar surface area (TPSA) is 13.1 Å². The number of fused-ring (bicyclic) bond motifs is 20. The van der Waals surface area contributed by atoms with Gasteiger partial charge in [0.1, 0.15) is 0 Å². The molecule has 2 aromatic heterocycles. The molecular weight excluding hydrogens is 894 g/mol. The lowest BCUT2D eigenvalue weighted by atomic mass is 9.34. The summed E-state index contributed by atoms with van der Waals surface area (Å²) in [5, 5.41) is 15.5. The van der Waals surface area contributed by atoms with Crippen LogP contribution in [0.3, 0.4) is 0 Å². The molecule has 356 valence electrons. The van der Waals surface area contributed by atoms with Gasteiger partial charge in [0.2, 0.25) is 0 Å². The van der Waals surface area contributed by atoms with E-state index in [0.29, 0.717) is 0 Å². The molecule has 0 fully saturated rings. The van der Waals surface area contributed by atoms with Crippen molar-refractivity contribution in [2.45, 2.75) is 78.6 Å². The van der Waals surface area contributed by atoms with Crippen molar-refractivity contribution in [3.63, 3.8) is 0 Å². The second-order valence-electron chi connectivity index (χ2n) is 24.5. The zero-order valence-corrected chi connectivity index (χ0v) is 43.8. The van der Waals surface area contributed by atoms with Crippen LogP contribution in [0.5, 0.6) is 0 Å². The van der Waals surface area contributed by atoms with Crippen LogP contribution in [0, 0.1) is 0 Å². The first kappa shape index (κ1) is 43.5. The molecule has 0 spiro atoms. The number of benzene rings is 11. The number of nitrogens with zero attached hydrogens (tertiary/aromatic N) is 3. The molecule has 3 nitrogen and oxygen atoms in total. The highest BCUT2D eigenvalue weighted by Crippen LogP contribution is 2.49. The van der Waals surface area contributed by atoms with Gasteiger partial charge >= 0.3 is 0 Å². The van der Waals surface area contributed by atoms with Gasteiger partial charge in [0, 0.05) is 66.1 Å². The van der Waals surface area contributed by atoms with Gasteiger partial charge in [0.15, 0.2) is 0 Å². The number of hydrogen-bond acceptors (Lipinski definition) is 1. The molecule has 0 atom stereocenters. The Labute approximate surface area is 433 Å². The summed E-state index contributed by atoms with van der Waals surface area (Å²) < 4.78 is 5.42. The normalized spacial score (nSPS) is 13.4. The van der Waals surface area contributed by atoms with Gasteiger partial charge in [0.05, 0.1) is 16.7 Å². The third-order valence-corrected chi connectivity index (χ3v) is 17.1. The molecule has 2 aliphatic heterocycles. The van der Waals surface area contributed by atoms with Crippen LogP contribution in [0.25, 0.3) is 98.1 Å². The van der Waals surface area contributed by atoms with Crippen molar-refractivity contribution in [1.82, 2.24) is 9.13 Å². The number of rotatable bonds is 3. The first-order valence-electron chi connectivity index (χ1n) is 26.6. The first-order chi connectivity index (χ1) is 35.6. The maximum absolute atomic E-state index is 2.72. The quantitative estimate of drug-likeness (QED) is 0.127. The van der Waals surface area contributed by atoms with Crippen molar-refractivity contribution in [2.24, 2.45) is 0 Å². The molecule has 0 N–H and O–H groups in total. The van der Waals surface area contributed by atoms with Crippen LogP contribution in [0.4, 0.5) is 17.1 Å². The summed E-state index contributed by atoms with van der Waals surface area (Å²) in [6.45, 7) is 21.0. The summed E-state index contributed by atoms with van der Waals surface area (Å²) in [4.78, 5) is 2.52. The Bertz CT molecular complexity index is 4530. The Balaban J connectivity index is 1.18. The molecule has 0 radical (unpaired) electrons. The summed E-state index contributed by atoms with van der Waals surface area (Å²) in [5.41, 5.74) is 19.0. The third kappa shape index (κ3) is 5.85. The maximum Gasteiger partial charge on any atom is 0.252 e. The van der Waals surface area contributed by atoms with E-state index in [1.165, 1.54) is 131 Å². The van der Waals surface area contributed by atoms with E-state index in [0.717, 1.165) is 17.1 Å². The highest BCUT2D eigenvalue weighted by molar-refractivity contribution is 7.00. The number of anilines is 3. The van der Waals surface area contributed by atoms with Gasteiger partial charge in [-0.25, -0.2) is 0 Å². The molecule has 4 heteroatoms. The second kappa shape index (κ2) is 14.8. The van der Waals surface area contributed by atoms with Gasteiger partial charge in [-0.1, -0.05) is 208 Å². The van der Waals surface area contributed by atoms with Gasteiger partial charge in [-0.3, -0.25) is 0 Å². The Kier molecular flexibility index (Phi) is 8.70. The summed E-state index contributed by atoms with van der Waals surface area (Å²) in [6, 6.07) is 72.7. The number of hydrogen-bond donors (Lipinski definition) is 0. The fraction of sp³-hybridized carbons (Fsp3) is 0.171. The van der Waals surface area contributed by atoms with Crippen molar-refractivity contribution in [2.75, 3.05) is 4.90 Å². The molecule has 0 unspecified atom stereocenters. The largest absolute Gasteiger partial charge is 0.310 e. The predicted molar refractivity (Wildman–Crippen MR) is 321 cm³/mol. The van der Waals surface area contributed by atoms with Gasteiger partial charge in [0.25, 0.3) is 6.71 Å². The van der Waals surface area contributed by atoms with Crippen molar-refractivity contribution in [3.8, 4) is 11.4 Å². The summed E-state index contributed by atoms with van der Waals surface area (Å²) >= 11 is 0. The minimum absolute atomic E-state index is 0.0119. The Morgan fingerprint density at radius 3 is 1.16 bits per heavy atom. The lowest BCUT2D eigenvalue weighted by Crippen LogP contribution is -2.59. The van der Waals surface area contributed by atoms with E-state index in [4.69, 9.17) is 0 Å². The molecule has 11 aromatic carbocycles. The highest BCUT2D eigenvalue weighted by atomic mass is 15.2. The first-order valence-corrected chi connectivity index (χ1v) is 26.6. The zero-order chi connectivity index (χ0) is 50.3. The molecule has 15 rings (SSSR count). The Morgan fingerprint density at radius 2 is 0.703 bits per heavy atom. The summed E-state index contributed by atoms with van der Waals surface area (Å²) in [6.07, 6.45) is 0. The van der Waals surface area contributed by atoms with Crippen LogP contribution in [-0.2, 0) is 16.2 Å². The van der Waals surface area contributed by atoms with Crippen LogP contribution in [-0.4, -0.2) is 15.8 Å². The molecule has 2 aliphatic rings. The van der Waals surface area contributed by atoms with E-state index in [9.17, 15) is 0 Å².